The van der Waals surface area contributed by atoms with Gasteiger partial charge >= 0.3 is 0 Å². The van der Waals surface area contributed by atoms with Gasteiger partial charge in [0, 0.05) is 46.2 Å². The predicted octanol–water partition coefficient (Wildman–Crippen LogP) is 1.59. The van der Waals surface area contributed by atoms with Crippen LogP contribution in [-0.4, -0.2) is 66.3 Å². The Morgan fingerprint density at radius 2 is 1.96 bits per heavy atom. The van der Waals surface area contributed by atoms with Crippen molar-refractivity contribution in [3.63, 3.8) is 0 Å². The van der Waals surface area contributed by atoms with Crippen molar-refractivity contribution in [3.8, 4) is 0 Å². The highest BCUT2D eigenvalue weighted by Crippen LogP contribution is 2.17. The van der Waals surface area contributed by atoms with Gasteiger partial charge in [0.15, 0.2) is 0 Å². The zero-order chi connectivity index (χ0) is 16.8. The molecule has 1 aliphatic heterocycles. The van der Waals surface area contributed by atoms with Gasteiger partial charge in [0.2, 0.25) is 11.8 Å². The van der Waals surface area contributed by atoms with Crippen LogP contribution in [0.25, 0.3) is 0 Å². The zero-order valence-electron chi connectivity index (χ0n) is 14.4. The Balaban J connectivity index is 2.08. The van der Waals surface area contributed by atoms with Gasteiger partial charge in [-0.25, -0.2) is 0 Å². The summed E-state index contributed by atoms with van der Waals surface area (Å²) in [6.07, 6.45) is 1.37. The molecule has 0 aromatic heterocycles. The van der Waals surface area contributed by atoms with Gasteiger partial charge in [-0.05, 0) is 12.0 Å². The molecule has 2 amide bonds. The van der Waals surface area contributed by atoms with Crippen LogP contribution in [0.3, 0.4) is 0 Å². The van der Waals surface area contributed by atoms with E-state index >= 15 is 0 Å². The number of carbonyl (C=O) groups excluding carboxylic acids is 2. The molecule has 1 aromatic rings. The Kier molecular flexibility index (Phi) is 6.16. The topological polar surface area (TPSA) is 43.9 Å². The summed E-state index contributed by atoms with van der Waals surface area (Å²) in [4.78, 5) is 30.2. The molecule has 1 saturated heterocycles. The van der Waals surface area contributed by atoms with Gasteiger partial charge in [-0.2, -0.15) is 0 Å². The standard InChI is InChI=1S/C18H27N3O2/c1-4-16-13-20(14-18(23)19(2)3)11-10-17(22)21(16)12-15-8-6-5-7-9-15/h5-9,16H,4,10-14H2,1-3H3. The fourth-order valence-electron chi connectivity index (χ4n) is 2.91. The molecule has 2 rings (SSSR count). The van der Waals surface area contributed by atoms with E-state index in [4.69, 9.17) is 0 Å². The lowest BCUT2D eigenvalue weighted by Crippen LogP contribution is -2.44. The monoisotopic (exact) mass is 317 g/mol. The second-order valence-corrected chi connectivity index (χ2v) is 6.34. The van der Waals surface area contributed by atoms with Crippen LogP contribution in [0.5, 0.6) is 0 Å². The maximum Gasteiger partial charge on any atom is 0.236 e. The summed E-state index contributed by atoms with van der Waals surface area (Å²) in [5.41, 5.74) is 1.15. The van der Waals surface area contributed by atoms with Crippen molar-refractivity contribution in [1.29, 1.82) is 0 Å². The highest BCUT2D eigenvalue weighted by Gasteiger charge is 2.29. The van der Waals surface area contributed by atoms with Crippen molar-refractivity contribution in [2.24, 2.45) is 0 Å². The van der Waals surface area contributed by atoms with Gasteiger partial charge in [-0.3, -0.25) is 14.5 Å². The summed E-state index contributed by atoms with van der Waals surface area (Å²) in [7, 11) is 3.54. The lowest BCUT2D eigenvalue weighted by atomic mass is 10.1. The Morgan fingerprint density at radius 1 is 1.26 bits per heavy atom. The molecule has 1 fully saturated rings. The number of carbonyl (C=O) groups is 2. The minimum Gasteiger partial charge on any atom is -0.348 e. The molecule has 0 spiro atoms. The second kappa shape index (κ2) is 8.11. The van der Waals surface area contributed by atoms with Crippen LogP contribution in [0.1, 0.15) is 25.3 Å². The van der Waals surface area contributed by atoms with E-state index in [-0.39, 0.29) is 17.9 Å². The van der Waals surface area contributed by atoms with Gasteiger partial charge in [0.05, 0.1) is 6.54 Å². The van der Waals surface area contributed by atoms with Crippen LogP contribution >= 0.6 is 0 Å². The van der Waals surface area contributed by atoms with E-state index in [1.165, 1.54) is 0 Å². The molecule has 1 unspecified atom stereocenters. The number of hydrogen-bond donors (Lipinski definition) is 0. The van der Waals surface area contributed by atoms with Crippen LogP contribution < -0.4 is 0 Å². The number of nitrogens with zero attached hydrogens (tertiary/aromatic N) is 3. The van der Waals surface area contributed by atoms with Crippen LogP contribution in [-0.2, 0) is 16.1 Å². The molecular weight excluding hydrogens is 290 g/mol. The van der Waals surface area contributed by atoms with E-state index in [0.717, 1.165) is 18.5 Å². The van der Waals surface area contributed by atoms with E-state index < -0.39 is 0 Å². The lowest BCUT2D eigenvalue weighted by Gasteiger charge is -2.31. The van der Waals surface area contributed by atoms with E-state index in [2.05, 4.69) is 24.0 Å². The second-order valence-electron chi connectivity index (χ2n) is 6.34. The van der Waals surface area contributed by atoms with E-state index in [0.29, 0.717) is 26.1 Å². The average molecular weight is 317 g/mol. The number of likely N-dealkylation sites (N-methyl/N-ethyl adjacent to an activating group) is 1. The maximum atomic E-state index is 12.6. The van der Waals surface area contributed by atoms with E-state index in [1.54, 1.807) is 19.0 Å². The number of amides is 2. The number of benzene rings is 1. The van der Waals surface area contributed by atoms with Crippen LogP contribution in [0.2, 0.25) is 0 Å². The normalized spacial score (nSPS) is 19.5. The average Bonchev–Trinajstić information content (AvgIpc) is 2.69. The Hall–Kier alpha value is -1.88. The first-order valence-corrected chi connectivity index (χ1v) is 8.27. The summed E-state index contributed by atoms with van der Waals surface area (Å²) < 4.78 is 0. The molecule has 0 saturated carbocycles. The highest BCUT2D eigenvalue weighted by molar-refractivity contribution is 5.79. The largest absolute Gasteiger partial charge is 0.348 e. The van der Waals surface area contributed by atoms with Crippen molar-refractivity contribution >= 4 is 11.8 Å². The van der Waals surface area contributed by atoms with Crippen molar-refractivity contribution in [3.05, 3.63) is 35.9 Å². The molecular formula is C18H27N3O2. The van der Waals surface area contributed by atoms with E-state index in [1.807, 2.05) is 23.1 Å². The highest BCUT2D eigenvalue weighted by atomic mass is 16.2. The zero-order valence-corrected chi connectivity index (χ0v) is 14.4. The quantitative estimate of drug-likeness (QED) is 0.828. The van der Waals surface area contributed by atoms with Gasteiger partial charge in [0.1, 0.15) is 0 Å². The minimum atomic E-state index is 0.0869. The Bertz CT molecular complexity index is 530. The molecule has 0 N–H and O–H groups in total. The number of rotatable bonds is 5. The van der Waals surface area contributed by atoms with Gasteiger partial charge < -0.3 is 9.80 Å². The lowest BCUT2D eigenvalue weighted by molar-refractivity contribution is -0.133. The summed E-state index contributed by atoms with van der Waals surface area (Å²) in [6, 6.07) is 10.2. The Morgan fingerprint density at radius 3 is 2.57 bits per heavy atom. The molecule has 1 heterocycles. The molecule has 5 heteroatoms. The third-order valence-electron chi connectivity index (χ3n) is 4.40. The van der Waals surface area contributed by atoms with Crippen LogP contribution in [0.15, 0.2) is 30.3 Å². The summed E-state index contributed by atoms with van der Waals surface area (Å²) in [6.45, 7) is 4.55. The van der Waals surface area contributed by atoms with Crippen molar-refractivity contribution in [2.45, 2.75) is 32.4 Å². The molecule has 1 atom stereocenters. The molecule has 1 aromatic carbocycles. The fraction of sp³-hybridized carbons (Fsp3) is 0.556. The summed E-state index contributed by atoms with van der Waals surface area (Å²) in [5, 5.41) is 0. The van der Waals surface area contributed by atoms with Crippen molar-refractivity contribution in [1.82, 2.24) is 14.7 Å². The molecule has 0 radical (unpaired) electrons. The van der Waals surface area contributed by atoms with Crippen molar-refractivity contribution in [2.75, 3.05) is 33.7 Å². The smallest absolute Gasteiger partial charge is 0.236 e. The number of hydrogen-bond acceptors (Lipinski definition) is 3. The van der Waals surface area contributed by atoms with Crippen LogP contribution in [0.4, 0.5) is 0 Å². The summed E-state index contributed by atoms with van der Waals surface area (Å²) >= 11 is 0. The third-order valence-corrected chi connectivity index (χ3v) is 4.40. The molecule has 23 heavy (non-hydrogen) atoms. The van der Waals surface area contributed by atoms with E-state index in [9.17, 15) is 9.59 Å². The van der Waals surface area contributed by atoms with Crippen LogP contribution in [0, 0.1) is 0 Å². The maximum absolute atomic E-state index is 12.6. The summed E-state index contributed by atoms with van der Waals surface area (Å²) in [5.74, 6) is 0.268. The fourth-order valence-corrected chi connectivity index (χ4v) is 2.91. The molecule has 126 valence electrons. The van der Waals surface area contributed by atoms with Gasteiger partial charge in [-0.15, -0.1) is 0 Å². The predicted molar refractivity (Wildman–Crippen MR) is 90.8 cm³/mol. The molecule has 0 aliphatic carbocycles. The minimum absolute atomic E-state index is 0.0869. The van der Waals surface area contributed by atoms with Crippen molar-refractivity contribution < 1.29 is 9.59 Å². The molecule has 5 nitrogen and oxygen atoms in total. The molecule has 1 aliphatic rings. The van der Waals surface area contributed by atoms with Gasteiger partial charge in [0.25, 0.3) is 0 Å². The SMILES string of the molecule is CCC1CN(CC(=O)N(C)C)CCC(=O)N1Cc1ccccc1. The Labute approximate surface area is 138 Å². The van der Waals surface area contributed by atoms with Gasteiger partial charge in [-0.1, -0.05) is 37.3 Å². The first-order chi connectivity index (χ1) is 11.0. The third kappa shape index (κ3) is 4.79. The first-order valence-electron chi connectivity index (χ1n) is 8.27. The first kappa shape index (κ1) is 17.5. The molecule has 0 bridgehead atoms.